The number of halogens is 3. The third-order valence-corrected chi connectivity index (χ3v) is 1.97. The molecule has 0 atom stereocenters. The van der Waals surface area contributed by atoms with Gasteiger partial charge in [-0.2, -0.15) is 13.2 Å². The van der Waals surface area contributed by atoms with Crippen molar-refractivity contribution < 1.29 is 37.7 Å². The number of piperidine rings is 1. The number of alkyl halides is 3. The van der Waals surface area contributed by atoms with Crippen LogP contribution in [0.25, 0.3) is 0 Å². The predicted molar refractivity (Wildman–Crippen MR) is 53.2 cm³/mol. The molecule has 1 rings (SSSR count). The van der Waals surface area contributed by atoms with Gasteiger partial charge in [0.25, 0.3) is 0 Å². The molecule has 106 valence electrons. The van der Waals surface area contributed by atoms with E-state index in [0.29, 0.717) is 0 Å². The number of carboxylic acid groups (broad SMARTS) is 2. The van der Waals surface area contributed by atoms with Gasteiger partial charge in [0.05, 0.1) is 6.10 Å². The fourth-order valence-electron chi connectivity index (χ4n) is 1.15. The summed E-state index contributed by atoms with van der Waals surface area (Å²) in [7, 11) is 0. The zero-order chi connectivity index (χ0) is 14.2. The van der Waals surface area contributed by atoms with Crippen molar-refractivity contribution in [1.29, 1.82) is 0 Å². The van der Waals surface area contributed by atoms with Crippen molar-refractivity contribution >= 4 is 11.9 Å². The first-order valence-corrected chi connectivity index (χ1v) is 5.07. The van der Waals surface area contributed by atoms with Crippen LogP contribution in [0.15, 0.2) is 0 Å². The highest BCUT2D eigenvalue weighted by molar-refractivity contribution is 5.73. The maximum Gasteiger partial charge on any atom is 0.490 e. The van der Waals surface area contributed by atoms with E-state index < -0.39 is 18.1 Å². The molecular weight excluding hydrogens is 259 g/mol. The highest BCUT2D eigenvalue weighted by Crippen LogP contribution is 2.13. The van der Waals surface area contributed by atoms with Crippen molar-refractivity contribution in [3.8, 4) is 0 Å². The number of hydrogen-bond acceptors (Lipinski definition) is 4. The molecule has 0 bridgehead atoms. The highest BCUT2D eigenvalue weighted by atomic mass is 19.4. The Kier molecular flexibility index (Phi) is 7.29. The van der Waals surface area contributed by atoms with E-state index in [0.717, 1.165) is 25.9 Å². The van der Waals surface area contributed by atoms with Gasteiger partial charge in [-0.25, -0.2) is 9.59 Å². The monoisotopic (exact) mass is 273 g/mol. The quantitative estimate of drug-likeness (QED) is 0.692. The number of aliphatic carboxylic acids is 2. The molecule has 0 saturated carbocycles. The van der Waals surface area contributed by atoms with Gasteiger partial charge in [0.15, 0.2) is 0 Å². The van der Waals surface area contributed by atoms with Crippen LogP contribution in [-0.4, -0.2) is 54.1 Å². The Balaban J connectivity index is 0.000000360. The van der Waals surface area contributed by atoms with Gasteiger partial charge in [-0.05, 0) is 25.9 Å². The summed E-state index contributed by atoms with van der Waals surface area (Å²) < 4.78 is 36.8. The number of nitrogens with one attached hydrogen (secondary N) is 1. The average Bonchev–Trinajstić information content (AvgIpc) is 2.27. The standard InChI is InChI=1S/C7H13NO3.C2HF3O2/c9-7(10)5-11-6-1-3-8-4-2-6;3-2(4,5)1(6)7/h6,8H,1-5H2,(H,9,10);(H,6,7). The lowest BCUT2D eigenvalue weighted by Crippen LogP contribution is -2.33. The van der Waals surface area contributed by atoms with Crippen LogP contribution >= 0.6 is 0 Å². The highest BCUT2D eigenvalue weighted by Gasteiger charge is 2.38. The number of carboxylic acids is 2. The second-order valence-electron chi connectivity index (χ2n) is 3.46. The summed E-state index contributed by atoms with van der Waals surface area (Å²) in [5, 5.41) is 18.6. The van der Waals surface area contributed by atoms with Crippen molar-refractivity contribution in [3.05, 3.63) is 0 Å². The zero-order valence-corrected chi connectivity index (χ0v) is 9.37. The van der Waals surface area contributed by atoms with E-state index in [1.165, 1.54) is 0 Å². The fourth-order valence-corrected chi connectivity index (χ4v) is 1.15. The third-order valence-electron chi connectivity index (χ3n) is 1.97. The second-order valence-corrected chi connectivity index (χ2v) is 3.46. The fraction of sp³-hybridized carbons (Fsp3) is 0.778. The lowest BCUT2D eigenvalue weighted by Gasteiger charge is -2.21. The summed E-state index contributed by atoms with van der Waals surface area (Å²) in [6.07, 6.45) is -3.09. The van der Waals surface area contributed by atoms with Crippen LogP contribution in [0.1, 0.15) is 12.8 Å². The van der Waals surface area contributed by atoms with Crippen molar-refractivity contribution in [3.63, 3.8) is 0 Å². The molecular formula is C9H14F3NO5. The van der Waals surface area contributed by atoms with Gasteiger partial charge in [-0.15, -0.1) is 0 Å². The predicted octanol–water partition coefficient (Wildman–Crippen LogP) is 0.473. The van der Waals surface area contributed by atoms with Crippen LogP contribution in [0.4, 0.5) is 13.2 Å². The molecule has 0 aliphatic carbocycles. The minimum absolute atomic E-state index is 0.146. The molecule has 1 saturated heterocycles. The summed E-state index contributed by atoms with van der Waals surface area (Å²) in [6.45, 7) is 1.71. The van der Waals surface area contributed by atoms with E-state index in [-0.39, 0.29) is 12.7 Å². The first kappa shape index (κ1) is 16.6. The summed E-state index contributed by atoms with van der Waals surface area (Å²) in [5.74, 6) is -3.64. The maximum atomic E-state index is 10.6. The molecule has 9 heteroatoms. The minimum Gasteiger partial charge on any atom is -0.480 e. The van der Waals surface area contributed by atoms with Gasteiger partial charge in [0.2, 0.25) is 0 Å². The number of ether oxygens (including phenoxy) is 1. The Hall–Kier alpha value is -1.35. The first-order chi connectivity index (χ1) is 8.23. The lowest BCUT2D eigenvalue weighted by atomic mass is 10.1. The second kappa shape index (κ2) is 7.88. The van der Waals surface area contributed by atoms with E-state index >= 15 is 0 Å². The van der Waals surface area contributed by atoms with Crippen molar-refractivity contribution in [2.24, 2.45) is 0 Å². The maximum absolute atomic E-state index is 10.6. The summed E-state index contributed by atoms with van der Waals surface area (Å²) in [6, 6.07) is 0. The zero-order valence-electron chi connectivity index (χ0n) is 9.37. The Morgan fingerprint density at radius 3 is 2.00 bits per heavy atom. The van der Waals surface area contributed by atoms with Gasteiger partial charge in [0, 0.05) is 0 Å². The average molecular weight is 273 g/mol. The van der Waals surface area contributed by atoms with E-state index in [9.17, 15) is 18.0 Å². The molecule has 6 nitrogen and oxygen atoms in total. The van der Waals surface area contributed by atoms with Crippen molar-refractivity contribution in [2.45, 2.75) is 25.1 Å². The SMILES string of the molecule is O=C(O)C(F)(F)F.O=C(O)COC1CCNCC1. The molecule has 0 aromatic heterocycles. The molecule has 1 heterocycles. The molecule has 18 heavy (non-hydrogen) atoms. The summed E-state index contributed by atoms with van der Waals surface area (Å²) in [5.41, 5.74) is 0. The van der Waals surface area contributed by atoms with Gasteiger partial charge < -0.3 is 20.3 Å². The van der Waals surface area contributed by atoms with E-state index in [1.807, 2.05) is 0 Å². The number of hydrogen-bond donors (Lipinski definition) is 3. The number of carbonyl (C=O) groups is 2. The van der Waals surface area contributed by atoms with E-state index in [1.54, 1.807) is 0 Å². The lowest BCUT2D eigenvalue weighted by molar-refractivity contribution is -0.192. The Labute approximate surface area is 101 Å². The van der Waals surface area contributed by atoms with Gasteiger partial charge in [0.1, 0.15) is 6.61 Å². The van der Waals surface area contributed by atoms with Crippen LogP contribution in [0.2, 0.25) is 0 Å². The summed E-state index contributed by atoms with van der Waals surface area (Å²) >= 11 is 0. The van der Waals surface area contributed by atoms with Gasteiger partial charge >= 0.3 is 18.1 Å². The Morgan fingerprint density at radius 1 is 1.22 bits per heavy atom. The van der Waals surface area contributed by atoms with Crippen molar-refractivity contribution in [2.75, 3.05) is 19.7 Å². The van der Waals surface area contributed by atoms with Crippen LogP contribution in [0.3, 0.4) is 0 Å². The molecule has 0 radical (unpaired) electrons. The van der Waals surface area contributed by atoms with Crippen LogP contribution < -0.4 is 5.32 Å². The number of rotatable bonds is 3. The third kappa shape index (κ3) is 8.76. The topological polar surface area (TPSA) is 95.9 Å². The molecule has 0 aromatic rings. The van der Waals surface area contributed by atoms with Gasteiger partial charge in [-0.1, -0.05) is 0 Å². The summed E-state index contributed by atoms with van der Waals surface area (Å²) in [4.78, 5) is 19.0. The smallest absolute Gasteiger partial charge is 0.480 e. The van der Waals surface area contributed by atoms with Crippen LogP contribution in [0, 0.1) is 0 Å². The van der Waals surface area contributed by atoms with Crippen LogP contribution in [0.5, 0.6) is 0 Å². The van der Waals surface area contributed by atoms with Gasteiger partial charge in [-0.3, -0.25) is 0 Å². The van der Waals surface area contributed by atoms with E-state index in [2.05, 4.69) is 5.32 Å². The van der Waals surface area contributed by atoms with Crippen molar-refractivity contribution in [1.82, 2.24) is 5.32 Å². The Morgan fingerprint density at radius 2 is 1.67 bits per heavy atom. The van der Waals surface area contributed by atoms with Crippen LogP contribution in [-0.2, 0) is 14.3 Å². The molecule has 0 amide bonds. The molecule has 0 unspecified atom stereocenters. The molecule has 1 aliphatic rings. The minimum atomic E-state index is -5.08. The Bertz CT molecular complexity index is 276. The molecule has 3 N–H and O–H groups in total. The molecule has 1 aliphatic heterocycles. The van der Waals surface area contributed by atoms with E-state index in [4.69, 9.17) is 19.7 Å². The molecule has 1 fully saturated rings. The largest absolute Gasteiger partial charge is 0.490 e. The molecule has 0 spiro atoms. The first-order valence-electron chi connectivity index (χ1n) is 5.07. The normalized spacial score (nSPS) is 16.6. The molecule has 0 aromatic carbocycles.